The Kier molecular flexibility index (Phi) is 2.51. The molecule has 2 aromatic heterocycles. The summed E-state index contributed by atoms with van der Waals surface area (Å²) in [5, 5.41) is 16.8. The van der Waals surface area contributed by atoms with Gasteiger partial charge in [-0.1, -0.05) is 17.2 Å². The number of aliphatic hydroxyl groups excluding tert-OH is 1. The lowest BCUT2D eigenvalue weighted by atomic mass is 10.3. The lowest BCUT2D eigenvalue weighted by Crippen LogP contribution is -1.97. The summed E-state index contributed by atoms with van der Waals surface area (Å²) in [6.45, 7) is 3.63. The molecule has 0 amide bonds. The van der Waals surface area contributed by atoms with E-state index in [-0.39, 0.29) is 11.7 Å². The van der Waals surface area contributed by atoms with Crippen LogP contribution in [0.1, 0.15) is 31.0 Å². The van der Waals surface area contributed by atoms with Gasteiger partial charge in [-0.3, -0.25) is 0 Å². The zero-order valence-corrected chi connectivity index (χ0v) is 8.47. The van der Waals surface area contributed by atoms with E-state index in [1.54, 1.807) is 13.0 Å². The number of nitrogens with zero attached hydrogens (tertiary/aromatic N) is 3. The fourth-order valence-corrected chi connectivity index (χ4v) is 1.12. The molecule has 0 bridgehead atoms. The number of aliphatic hydroxyl groups is 1. The highest BCUT2D eigenvalue weighted by Gasteiger charge is 2.17. The van der Waals surface area contributed by atoms with Crippen molar-refractivity contribution >= 4 is 0 Å². The summed E-state index contributed by atoms with van der Waals surface area (Å²) in [7, 11) is 0. The van der Waals surface area contributed by atoms with E-state index in [4.69, 9.17) is 9.05 Å². The zero-order valence-electron chi connectivity index (χ0n) is 8.47. The summed E-state index contributed by atoms with van der Waals surface area (Å²) in [4.78, 5) is 4.00. The molecule has 6 nitrogen and oxygen atoms in total. The zero-order chi connectivity index (χ0) is 10.8. The molecular formula is C9H11N3O3. The van der Waals surface area contributed by atoms with E-state index in [0.717, 1.165) is 5.69 Å². The van der Waals surface area contributed by atoms with Crippen molar-refractivity contribution in [1.29, 1.82) is 0 Å². The van der Waals surface area contributed by atoms with Crippen LogP contribution in [0.3, 0.4) is 0 Å². The van der Waals surface area contributed by atoms with Crippen LogP contribution in [0.5, 0.6) is 0 Å². The first-order valence-electron chi connectivity index (χ1n) is 4.66. The lowest BCUT2D eigenvalue weighted by molar-refractivity contribution is 0.159. The highest BCUT2D eigenvalue weighted by Crippen LogP contribution is 2.20. The Hall–Kier alpha value is -1.69. The Morgan fingerprint density at radius 3 is 2.80 bits per heavy atom. The quantitative estimate of drug-likeness (QED) is 0.823. The van der Waals surface area contributed by atoms with Gasteiger partial charge in [-0.05, 0) is 13.3 Å². The Morgan fingerprint density at radius 2 is 2.20 bits per heavy atom. The molecule has 0 aliphatic rings. The van der Waals surface area contributed by atoms with Gasteiger partial charge in [0.05, 0.1) is 5.69 Å². The van der Waals surface area contributed by atoms with Crippen LogP contribution in [0, 0.1) is 6.92 Å². The SMILES string of the molecule is CCC(O)c1noc(-c2cc(C)no2)n1. The summed E-state index contributed by atoms with van der Waals surface area (Å²) in [5.41, 5.74) is 0.737. The Balaban J connectivity index is 2.27. The third kappa shape index (κ3) is 1.89. The third-order valence-corrected chi connectivity index (χ3v) is 1.97. The standard InChI is InChI=1S/C9H11N3O3/c1-3-6(13)8-10-9(15-12-8)7-4-5(2)11-14-7/h4,6,13H,3H2,1-2H3. The fraction of sp³-hybridized carbons (Fsp3) is 0.444. The van der Waals surface area contributed by atoms with Gasteiger partial charge in [-0.15, -0.1) is 0 Å². The van der Waals surface area contributed by atoms with E-state index in [1.807, 2.05) is 6.92 Å². The van der Waals surface area contributed by atoms with Gasteiger partial charge >= 0.3 is 0 Å². The summed E-state index contributed by atoms with van der Waals surface area (Å²) in [6.07, 6.45) is -0.166. The van der Waals surface area contributed by atoms with Crippen molar-refractivity contribution in [2.24, 2.45) is 0 Å². The molecule has 0 saturated carbocycles. The molecule has 0 spiro atoms. The first kappa shape index (κ1) is 9.85. The lowest BCUT2D eigenvalue weighted by Gasteiger charge is -1.97. The molecule has 1 unspecified atom stereocenters. The second kappa shape index (κ2) is 3.82. The number of aromatic nitrogens is 3. The summed E-state index contributed by atoms with van der Waals surface area (Å²) in [6, 6.07) is 1.69. The van der Waals surface area contributed by atoms with Crippen LogP contribution < -0.4 is 0 Å². The normalized spacial score (nSPS) is 13.0. The first-order chi connectivity index (χ1) is 7.20. The van der Waals surface area contributed by atoms with Gasteiger partial charge in [0, 0.05) is 6.07 Å². The van der Waals surface area contributed by atoms with Crippen molar-refractivity contribution in [3.63, 3.8) is 0 Å². The predicted molar refractivity (Wildman–Crippen MR) is 49.8 cm³/mol. The van der Waals surface area contributed by atoms with E-state index in [0.29, 0.717) is 12.2 Å². The van der Waals surface area contributed by atoms with Crippen LogP contribution in [0.2, 0.25) is 0 Å². The van der Waals surface area contributed by atoms with Crippen molar-refractivity contribution in [2.45, 2.75) is 26.4 Å². The van der Waals surface area contributed by atoms with Crippen LogP contribution in [0.25, 0.3) is 11.7 Å². The molecule has 1 atom stereocenters. The molecule has 2 rings (SSSR count). The Labute approximate surface area is 85.9 Å². The van der Waals surface area contributed by atoms with Gasteiger partial charge in [0.1, 0.15) is 6.10 Å². The van der Waals surface area contributed by atoms with Crippen molar-refractivity contribution < 1.29 is 14.2 Å². The summed E-state index contributed by atoms with van der Waals surface area (Å²) in [5.74, 6) is 0.911. The number of rotatable bonds is 3. The average Bonchev–Trinajstić information content (AvgIpc) is 2.84. The van der Waals surface area contributed by atoms with Crippen LogP contribution in [-0.2, 0) is 0 Å². The molecule has 6 heteroatoms. The predicted octanol–water partition coefficient (Wildman–Crippen LogP) is 1.48. The monoisotopic (exact) mass is 209 g/mol. The minimum absolute atomic E-state index is 0.234. The fourth-order valence-electron chi connectivity index (χ4n) is 1.12. The molecule has 0 aliphatic carbocycles. The van der Waals surface area contributed by atoms with Crippen LogP contribution in [-0.4, -0.2) is 20.4 Å². The third-order valence-electron chi connectivity index (χ3n) is 1.97. The van der Waals surface area contributed by atoms with Crippen molar-refractivity contribution in [3.8, 4) is 11.7 Å². The average molecular weight is 209 g/mol. The molecule has 0 radical (unpaired) electrons. The molecule has 0 saturated heterocycles. The molecule has 15 heavy (non-hydrogen) atoms. The molecule has 0 fully saturated rings. The molecule has 0 aromatic carbocycles. The highest BCUT2D eigenvalue weighted by atomic mass is 16.5. The maximum Gasteiger partial charge on any atom is 0.296 e. The number of aryl methyl sites for hydroxylation is 1. The van der Waals surface area contributed by atoms with E-state index < -0.39 is 6.10 Å². The molecule has 1 N–H and O–H groups in total. The highest BCUT2D eigenvalue weighted by molar-refractivity contribution is 5.43. The van der Waals surface area contributed by atoms with E-state index in [1.165, 1.54) is 0 Å². The van der Waals surface area contributed by atoms with E-state index >= 15 is 0 Å². The Morgan fingerprint density at radius 1 is 1.40 bits per heavy atom. The molecular weight excluding hydrogens is 198 g/mol. The minimum atomic E-state index is -0.702. The van der Waals surface area contributed by atoms with Crippen LogP contribution in [0.15, 0.2) is 15.1 Å². The van der Waals surface area contributed by atoms with Gasteiger partial charge in [-0.25, -0.2) is 0 Å². The largest absolute Gasteiger partial charge is 0.385 e. The van der Waals surface area contributed by atoms with Gasteiger partial charge in [-0.2, -0.15) is 4.98 Å². The first-order valence-corrected chi connectivity index (χ1v) is 4.66. The molecule has 2 aromatic rings. The van der Waals surface area contributed by atoms with Crippen molar-refractivity contribution in [3.05, 3.63) is 17.6 Å². The van der Waals surface area contributed by atoms with Crippen LogP contribution >= 0.6 is 0 Å². The van der Waals surface area contributed by atoms with Gasteiger partial charge in [0.2, 0.25) is 11.6 Å². The number of hydrogen-bond donors (Lipinski definition) is 1. The van der Waals surface area contributed by atoms with Crippen molar-refractivity contribution in [2.75, 3.05) is 0 Å². The maximum atomic E-state index is 9.46. The second-order valence-electron chi connectivity index (χ2n) is 3.21. The molecule has 0 aliphatic heterocycles. The summed E-state index contributed by atoms with van der Waals surface area (Å²) >= 11 is 0. The number of hydrogen-bond acceptors (Lipinski definition) is 6. The van der Waals surface area contributed by atoms with Gasteiger partial charge < -0.3 is 14.2 Å². The smallest absolute Gasteiger partial charge is 0.296 e. The topological polar surface area (TPSA) is 85.2 Å². The van der Waals surface area contributed by atoms with Gasteiger partial charge in [0.25, 0.3) is 5.89 Å². The summed E-state index contributed by atoms with van der Waals surface area (Å²) < 4.78 is 9.88. The minimum Gasteiger partial charge on any atom is -0.385 e. The van der Waals surface area contributed by atoms with Gasteiger partial charge in [0.15, 0.2) is 0 Å². The van der Waals surface area contributed by atoms with E-state index in [2.05, 4.69) is 15.3 Å². The molecule has 80 valence electrons. The van der Waals surface area contributed by atoms with Crippen LogP contribution in [0.4, 0.5) is 0 Å². The maximum absolute atomic E-state index is 9.46. The van der Waals surface area contributed by atoms with E-state index in [9.17, 15) is 5.11 Å². The Bertz CT molecular complexity index is 449. The second-order valence-corrected chi connectivity index (χ2v) is 3.21. The molecule has 2 heterocycles. The van der Waals surface area contributed by atoms with Crippen molar-refractivity contribution in [1.82, 2.24) is 15.3 Å².